The summed E-state index contributed by atoms with van der Waals surface area (Å²) >= 11 is 3.44. The third-order valence-corrected chi connectivity index (χ3v) is 6.31. The summed E-state index contributed by atoms with van der Waals surface area (Å²) in [6, 6.07) is 12.6. The van der Waals surface area contributed by atoms with E-state index in [1.54, 1.807) is 29.2 Å². The fourth-order valence-electron chi connectivity index (χ4n) is 3.74. The van der Waals surface area contributed by atoms with Gasteiger partial charge in [-0.25, -0.2) is 4.98 Å². The molecule has 0 aliphatic carbocycles. The third kappa shape index (κ3) is 3.74. The highest BCUT2D eigenvalue weighted by molar-refractivity contribution is 9.10. The Morgan fingerprint density at radius 1 is 1.28 bits per heavy atom. The Morgan fingerprint density at radius 3 is 2.84 bits per heavy atom. The molecule has 1 saturated heterocycles. The molecular formula is C23H20BrN5O3. The summed E-state index contributed by atoms with van der Waals surface area (Å²) in [7, 11) is 0. The van der Waals surface area contributed by atoms with Crippen molar-refractivity contribution in [1.82, 2.24) is 25.1 Å². The second kappa shape index (κ2) is 8.33. The molecule has 0 saturated carbocycles. The third-order valence-electron chi connectivity index (χ3n) is 5.71. The lowest BCUT2D eigenvalue weighted by Gasteiger charge is -2.27. The van der Waals surface area contributed by atoms with Crippen molar-refractivity contribution in [3.05, 3.63) is 81.1 Å². The Hall–Kier alpha value is -3.30. The fourth-order valence-corrected chi connectivity index (χ4v) is 4.17. The molecule has 162 valence electrons. The molecule has 1 fully saturated rings. The zero-order chi connectivity index (χ0) is 22.2. The van der Waals surface area contributed by atoms with Crippen LogP contribution in [0.5, 0.6) is 0 Å². The standard InChI is InChI=1S/C23H20BrN5O3/c1-13(14-3-2-4-16(7-14)22(30)27-17-10-32-11-17)29-12-25-20-8-15(5-6-18(20)23(29)31)19-9-26-28-21(19)24/h2-9,12-13,17H,10-11H2,1H3,(H,26,28)(H,27,30)/t13-/m1/s1. The smallest absolute Gasteiger partial charge is 0.261 e. The lowest BCUT2D eigenvalue weighted by molar-refractivity contribution is -0.00346. The van der Waals surface area contributed by atoms with Crippen molar-refractivity contribution in [1.29, 1.82) is 0 Å². The highest BCUT2D eigenvalue weighted by atomic mass is 79.9. The van der Waals surface area contributed by atoms with Crippen LogP contribution in [-0.2, 0) is 4.74 Å². The lowest BCUT2D eigenvalue weighted by Crippen LogP contribution is -2.48. The van der Waals surface area contributed by atoms with Gasteiger partial charge in [0.05, 0.1) is 48.7 Å². The number of rotatable bonds is 5. The molecule has 0 spiro atoms. The van der Waals surface area contributed by atoms with Crippen LogP contribution in [0.4, 0.5) is 0 Å². The number of hydrogen-bond acceptors (Lipinski definition) is 5. The van der Waals surface area contributed by atoms with Crippen molar-refractivity contribution in [2.45, 2.75) is 19.0 Å². The zero-order valence-electron chi connectivity index (χ0n) is 17.2. The summed E-state index contributed by atoms with van der Waals surface area (Å²) in [5.74, 6) is -0.144. The number of benzene rings is 2. The van der Waals surface area contributed by atoms with E-state index >= 15 is 0 Å². The van der Waals surface area contributed by atoms with Crippen LogP contribution >= 0.6 is 15.9 Å². The van der Waals surface area contributed by atoms with E-state index in [0.717, 1.165) is 21.3 Å². The van der Waals surface area contributed by atoms with Gasteiger partial charge in [-0.15, -0.1) is 0 Å². The average Bonchev–Trinajstić information content (AvgIpc) is 3.21. The van der Waals surface area contributed by atoms with Crippen LogP contribution in [0.15, 0.2) is 64.4 Å². The number of nitrogens with one attached hydrogen (secondary N) is 2. The van der Waals surface area contributed by atoms with E-state index in [1.807, 2.05) is 37.3 Å². The number of aromatic nitrogens is 4. The van der Waals surface area contributed by atoms with E-state index in [0.29, 0.717) is 29.7 Å². The second-order valence-corrected chi connectivity index (χ2v) is 8.59. The monoisotopic (exact) mass is 493 g/mol. The first-order valence-corrected chi connectivity index (χ1v) is 11.0. The van der Waals surface area contributed by atoms with Gasteiger partial charge < -0.3 is 10.1 Å². The Labute approximate surface area is 191 Å². The molecule has 9 heteroatoms. The van der Waals surface area contributed by atoms with E-state index in [9.17, 15) is 9.59 Å². The summed E-state index contributed by atoms with van der Waals surface area (Å²) in [6.07, 6.45) is 3.28. The average molecular weight is 494 g/mol. The molecule has 0 unspecified atom stereocenters. The normalized spacial score (nSPS) is 14.8. The Balaban J connectivity index is 1.46. The van der Waals surface area contributed by atoms with Gasteiger partial charge in [0.25, 0.3) is 11.5 Å². The lowest BCUT2D eigenvalue weighted by atomic mass is 10.0. The summed E-state index contributed by atoms with van der Waals surface area (Å²) in [5, 5.41) is 10.3. The molecule has 4 aromatic rings. The van der Waals surface area contributed by atoms with Crippen LogP contribution in [0.3, 0.4) is 0 Å². The quantitative estimate of drug-likeness (QED) is 0.444. The van der Waals surface area contributed by atoms with Crippen LogP contribution in [-0.4, -0.2) is 44.9 Å². The molecule has 2 N–H and O–H groups in total. The van der Waals surface area contributed by atoms with Crippen LogP contribution in [0.1, 0.15) is 28.9 Å². The number of fused-ring (bicyclic) bond motifs is 1. The summed E-state index contributed by atoms with van der Waals surface area (Å²) < 4.78 is 7.47. The Kier molecular flexibility index (Phi) is 5.36. The minimum Gasteiger partial charge on any atom is -0.377 e. The number of H-pyrrole nitrogens is 1. The van der Waals surface area contributed by atoms with E-state index in [-0.39, 0.29) is 23.6 Å². The highest BCUT2D eigenvalue weighted by Crippen LogP contribution is 2.28. The first kappa shape index (κ1) is 20.6. The maximum Gasteiger partial charge on any atom is 0.261 e. The van der Waals surface area contributed by atoms with E-state index in [2.05, 4.69) is 36.4 Å². The number of carbonyl (C=O) groups excluding carboxylic acids is 1. The van der Waals surface area contributed by atoms with Crippen LogP contribution in [0, 0.1) is 0 Å². The number of amides is 1. The van der Waals surface area contributed by atoms with Gasteiger partial charge >= 0.3 is 0 Å². The largest absolute Gasteiger partial charge is 0.377 e. The van der Waals surface area contributed by atoms with Gasteiger partial charge in [0.1, 0.15) is 4.60 Å². The van der Waals surface area contributed by atoms with Crippen LogP contribution < -0.4 is 10.9 Å². The molecule has 1 amide bonds. The maximum absolute atomic E-state index is 13.2. The molecule has 2 aromatic carbocycles. The Bertz CT molecular complexity index is 1380. The van der Waals surface area contributed by atoms with Gasteiger partial charge in [-0.1, -0.05) is 18.2 Å². The topological polar surface area (TPSA) is 102 Å². The SMILES string of the molecule is C[C@H](c1cccc(C(=O)NC2COC2)c1)n1cnc2cc(-c3cn[nH]c3Br)ccc2c1=O. The minimum atomic E-state index is -0.290. The molecular weight excluding hydrogens is 474 g/mol. The number of aromatic amines is 1. The van der Waals surface area contributed by atoms with Crippen LogP contribution in [0.2, 0.25) is 0 Å². The number of nitrogens with zero attached hydrogens (tertiary/aromatic N) is 3. The van der Waals surface area contributed by atoms with E-state index in [1.165, 1.54) is 0 Å². The van der Waals surface area contributed by atoms with Gasteiger partial charge in [-0.2, -0.15) is 5.10 Å². The van der Waals surface area contributed by atoms with Gasteiger partial charge in [-0.05, 0) is 58.2 Å². The molecule has 32 heavy (non-hydrogen) atoms. The number of hydrogen-bond donors (Lipinski definition) is 2. The van der Waals surface area contributed by atoms with Gasteiger partial charge in [0, 0.05) is 11.1 Å². The molecule has 3 heterocycles. The van der Waals surface area contributed by atoms with Crippen molar-refractivity contribution in [3.63, 3.8) is 0 Å². The van der Waals surface area contributed by atoms with Gasteiger partial charge in [-0.3, -0.25) is 19.3 Å². The number of carbonyl (C=O) groups is 1. The fraction of sp³-hybridized carbons (Fsp3) is 0.217. The second-order valence-electron chi connectivity index (χ2n) is 7.80. The summed E-state index contributed by atoms with van der Waals surface area (Å²) in [6.45, 7) is 3.00. The molecule has 0 bridgehead atoms. The molecule has 5 rings (SSSR count). The summed E-state index contributed by atoms with van der Waals surface area (Å²) in [5.41, 5.74) is 3.69. The minimum absolute atomic E-state index is 0.0588. The number of halogens is 1. The first-order chi connectivity index (χ1) is 15.5. The molecule has 1 aliphatic heterocycles. The van der Waals surface area contributed by atoms with E-state index in [4.69, 9.17) is 4.74 Å². The van der Waals surface area contributed by atoms with Crippen molar-refractivity contribution >= 4 is 32.7 Å². The number of ether oxygens (including phenoxy) is 1. The predicted molar refractivity (Wildman–Crippen MR) is 124 cm³/mol. The van der Waals surface area contributed by atoms with E-state index < -0.39 is 0 Å². The molecule has 1 aliphatic rings. The van der Waals surface area contributed by atoms with Crippen molar-refractivity contribution in [3.8, 4) is 11.1 Å². The van der Waals surface area contributed by atoms with Crippen molar-refractivity contribution in [2.75, 3.05) is 13.2 Å². The first-order valence-electron chi connectivity index (χ1n) is 10.2. The van der Waals surface area contributed by atoms with Crippen molar-refractivity contribution in [2.24, 2.45) is 0 Å². The van der Waals surface area contributed by atoms with Gasteiger partial charge in [0.15, 0.2) is 0 Å². The predicted octanol–water partition coefficient (Wildman–Crippen LogP) is 3.29. The zero-order valence-corrected chi connectivity index (χ0v) is 18.8. The van der Waals surface area contributed by atoms with Crippen molar-refractivity contribution < 1.29 is 9.53 Å². The summed E-state index contributed by atoms with van der Waals surface area (Å²) in [4.78, 5) is 30.2. The van der Waals surface area contributed by atoms with Crippen LogP contribution in [0.25, 0.3) is 22.0 Å². The highest BCUT2D eigenvalue weighted by Gasteiger charge is 2.21. The Morgan fingerprint density at radius 2 is 2.12 bits per heavy atom. The molecule has 2 aromatic heterocycles. The maximum atomic E-state index is 13.2. The molecule has 0 radical (unpaired) electrons. The molecule has 8 nitrogen and oxygen atoms in total. The molecule has 1 atom stereocenters. The van der Waals surface area contributed by atoms with Gasteiger partial charge in [0.2, 0.25) is 0 Å².